The second-order valence-corrected chi connectivity index (χ2v) is 10.3. The minimum atomic E-state index is -0.323. The third kappa shape index (κ3) is 4.74. The van der Waals surface area contributed by atoms with Gasteiger partial charge in [-0.25, -0.2) is 9.37 Å². The zero-order valence-corrected chi connectivity index (χ0v) is 22.1. The second kappa shape index (κ2) is 10.4. The molecule has 1 saturated heterocycles. The quantitative estimate of drug-likeness (QED) is 0.325. The lowest BCUT2D eigenvalue weighted by atomic mass is 9.96. The van der Waals surface area contributed by atoms with Crippen LogP contribution in [-0.2, 0) is 13.0 Å². The number of imidazole rings is 1. The number of anilines is 1. The van der Waals surface area contributed by atoms with Crippen molar-refractivity contribution in [3.8, 4) is 11.8 Å². The Morgan fingerprint density at radius 2 is 1.86 bits per heavy atom. The van der Waals surface area contributed by atoms with Crippen molar-refractivity contribution in [3.63, 3.8) is 0 Å². The van der Waals surface area contributed by atoms with Crippen LogP contribution in [0.3, 0.4) is 0 Å². The van der Waals surface area contributed by atoms with Crippen LogP contribution in [-0.4, -0.2) is 47.6 Å². The van der Waals surface area contributed by atoms with E-state index >= 15 is 0 Å². The molecule has 0 bridgehead atoms. The highest BCUT2D eigenvalue weighted by molar-refractivity contribution is 5.86. The van der Waals surface area contributed by atoms with Gasteiger partial charge in [0.25, 0.3) is 0 Å². The lowest BCUT2D eigenvalue weighted by Crippen LogP contribution is -2.47. The first-order valence-electron chi connectivity index (χ1n) is 13.0. The summed E-state index contributed by atoms with van der Waals surface area (Å²) in [7, 11) is 1.48. The Kier molecular flexibility index (Phi) is 7.03. The molecule has 6 nitrogen and oxygen atoms in total. The van der Waals surface area contributed by atoms with Gasteiger partial charge in [-0.2, -0.15) is 5.26 Å². The largest absolute Gasteiger partial charge is 0.494 e. The molecule has 1 aliphatic rings. The number of fused-ring (bicyclic) bond motifs is 3. The molecule has 3 heterocycles. The Labute approximate surface area is 217 Å². The van der Waals surface area contributed by atoms with E-state index in [2.05, 4.69) is 47.1 Å². The number of hydrogen-bond donors (Lipinski definition) is 0. The number of nitriles is 1. The van der Waals surface area contributed by atoms with E-state index in [1.807, 2.05) is 24.3 Å². The van der Waals surface area contributed by atoms with Gasteiger partial charge < -0.3 is 9.64 Å². The van der Waals surface area contributed by atoms with Crippen LogP contribution in [0.1, 0.15) is 42.5 Å². The summed E-state index contributed by atoms with van der Waals surface area (Å²) in [5.74, 6) is 1.68. The summed E-state index contributed by atoms with van der Waals surface area (Å²) in [6, 6.07) is 15.8. The number of para-hydroxylation sites is 2. The van der Waals surface area contributed by atoms with Gasteiger partial charge in [-0.15, -0.1) is 0 Å². The average molecular weight is 500 g/mol. The maximum Gasteiger partial charge on any atom is 0.165 e. The monoisotopic (exact) mass is 499 g/mol. The van der Waals surface area contributed by atoms with Crippen LogP contribution >= 0.6 is 0 Å². The summed E-state index contributed by atoms with van der Waals surface area (Å²) in [6.45, 7) is 10.7. The fourth-order valence-corrected chi connectivity index (χ4v) is 5.41. The van der Waals surface area contributed by atoms with E-state index in [4.69, 9.17) is 9.72 Å². The minimum Gasteiger partial charge on any atom is -0.494 e. The van der Waals surface area contributed by atoms with Gasteiger partial charge in [0.2, 0.25) is 0 Å². The van der Waals surface area contributed by atoms with Gasteiger partial charge >= 0.3 is 0 Å². The summed E-state index contributed by atoms with van der Waals surface area (Å²) in [5.41, 5.74) is 6.57. The summed E-state index contributed by atoms with van der Waals surface area (Å²) >= 11 is 0. The van der Waals surface area contributed by atoms with Crippen LogP contribution in [0.15, 0.2) is 42.5 Å². The number of halogens is 1. The molecule has 0 radical (unpaired) electrons. The molecule has 1 aliphatic heterocycles. The number of piperazine rings is 1. The predicted octanol–water partition coefficient (Wildman–Crippen LogP) is 5.73. The van der Waals surface area contributed by atoms with Crippen molar-refractivity contribution in [2.45, 2.75) is 40.2 Å². The summed E-state index contributed by atoms with van der Waals surface area (Å²) in [6.07, 6.45) is 1.97. The normalized spacial score (nSPS) is 14.6. The Balaban J connectivity index is 1.51. The molecule has 0 unspecified atom stereocenters. The maximum absolute atomic E-state index is 14.2. The van der Waals surface area contributed by atoms with Crippen molar-refractivity contribution in [1.29, 1.82) is 5.26 Å². The molecule has 7 heteroatoms. The molecule has 2 aromatic carbocycles. The first kappa shape index (κ1) is 25.0. The summed E-state index contributed by atoms with van der Waals surface area (Å²) in [4.78, 5) is 9.71. The molecule has 0 atom stereocenters. The molecule has 0 aliphatic carbocycles. The molecule has 5 rings (SSSR count). The molecule has 0 saturated carbocycles. The smallest absolute Gasteiger partial charge is 0.165 e. The Morgan fingerprint density at radius 3 is 2.54 bits per heavy atom. The molecule has 0 spiro atoms. The fraction of sp³-hybridized carbons (Fsp3) is 0.400. The van der Waals surface area contributed by atoms with Gasteiger partial charge in [-0.1, -0.05) is 32.0 Å². The van der Waals surface area contributed by atoms with E-state index in [1.165, 1.54) is 12.7 Å². The van der Waals surface area contributed by atoms with Crippen molar-refractivity contribution in [1.82, 2.24) is 14.3 Å². The number of ether oxygens (including phenoxy) is 1. The van der Waals surface area contributed by atoms with E-state index in [0.717, 1.165) is 72.6 Å². The van der Waals surface area contributed by atoms with E-state index in [0.29, 0.717) is 18.0 Å². The summed E-state index contributed by atoms with van der Waals surface area (Å²) in [5, 5.41) is 10.1. The van der Waals surface area contributed by atoms with Gasteiger partial charge in [0, 0.05) is 32.7 Å². The lowest BCUT2D eigenvalue weighted by Gasteiger charge is -2.38. The topological polar surface area (TPSA) is 56.8 Å². The van der Waals surface area contributed by atoms with E-state index < -0.39 is 0 Å². The van der Waals surface area contributed by atoms with Crippen LogP contribution in [0, 0.1) is 30.0 Å². The molecule has 37 heavy (non-hydrogen) atoms. The highest BCUT2D eigenvalue weighted by atomic mass is 19.1. The molecular weight excluding hydrogens is 465 g/mol. The van der Waals surface area contributed by atoms with Gasteiger partial charge in [0.1, 0.15) is 11.9 Å². The number of benzene rings is 2. The first-order chi connectivity index (χ1) is 17.9. The highest BCUT2D eigenvalue weighted by Gasteiger charge is 2.27. The van der Waals surface area contributed by atoms with E-state index in [9.17, 15) is 9.65 Å². The Morgan fingerprint density at radius 1 is 1.11 bits per heavy atom. The van der Waals surface area contributed by atoms with Crippen LogP contribution < -0.4 is 9.64 Å². The van der Waals surface area contributed by atoms with Gasteiger partial charge in [-0.05, 0) is 66.6 Å². The molecule has 0 amide bonds. The van der Waals surface area contributed by atoms with Gasteiger partial charge in [-0.3, -0.25) is 9.30 Å². The fourth-order valence-electron chi connectivity index (χ4n) is 5.41. The number of nitrogens with zero attached hydrogens (tertiary/aromatic N) is 5. The van der Waals surface area contributed by atoms with Crippen molar-refractivity contribution >= 4 is 22.5 Å². The minimum absolute atomic E-state index is 0.273. The molecule has 0 N–H and O–H groups in total. The van der Waals surface area contributed by atoms with Crippen LogP contribution in [0.5, 0.6) is 5.75 Å². The Bertz CT molecular complexity index is 1480. The lowest BCUT2D eigenvalue weighted by molar-refractivity contribution is 0.248. The van der Waals surface area contributed by atoms with Crippen LogP contribution in [0.25, 0.3) is 16.7 Å². The molecule has 192 valence electrons. The summed E-state index contributed by atoms with van der Waals surface area (Å²) < 4.78 is 21.5. The number of hydrogen-bond acceptors (Lipinski definition) is 5. The van der Waals surface area contributed by atoms with Gasteiger partial charge in [0.15, 0.2) is 17.2 Å². The SMILES string of the molecule is COc1ccc(CN2CCN(c3c(CCC(C)C)c(C)c(C#N)c4nc5ccccc5n34)CC2)cc1F. The molecule has 2 aromatic heterocycles. The zero-order chi connectivity index (χ0) is 26.1. The van der Waals surface area contributed by atoms with Crippen molar-refractivity contribution < 1.29 is 9.13 Å². The van der Waals surface area contributed by atoms with E-state index in [-0.39, 0.29) is 11.6 Å². The third-order valence-electron chi connectivity index (χ3n) is 7.47. The molecule has 4 aromatic rings. The van der Waals surface area contributed by atoms with Crippen LogP contribution in [0.4, 0.5) is 10.2 Å². The standard InChI is InChI=1S/C30H34FN5O/c1-20(2)9-11-23-21(3)24(18-32)29-33-26-7-5-6-8-27(26)36(29)30(23)35-15-13-34(14-16-35)19-22-10-12-28(37-4)25(31)17-22/h5-8,10,12,17,20H,9,11,13-16,19H2,1-4H3. The molecular formula is C30H34FN5O. The number of rotatable bonds is 7. The second-order valence-electron chi connectivity index (χ2n) is 10.3. The van der Waals surface area contributed by atoms with Crippen LogP contribution in [0.2, 0.25) is 0 Å². The number of pyridine rings is 1. The highest BCUT2D eigenvalue weighted by Crippen LogP contribution is 2.35. The van der Waals surface area contributed by atoms with Crippen molar-refractivity contribution in [2.24, 2.45) is 5.92 Å². The maximum atomic E-state index is 14.2. The number of aromatic nitrogens is 2. The number of methoxy groups -OCH3 is 1. The zero-order valence-electron chi connectivity index (χ0n) is 22.1. The predicted molar refractivity (Wildman–Crippen MR) is 146 cm³/mol. The van der Waals surface area contributed by atoms with Crippen molar-refractivity contribution in [2.75, 3.05) is 38.2 Å². The molecule has 1 fully saturated rings. The third-order valence-corrected chi connectivity index (χ3v) is 7.47. The van der Waals surface area contributed by atoms with Crippen molar-refractivity contribution in [3.05, 3.63) is 70.5 Å². The average Bonchev–Trinajstić information content (AvgIpc) is 3.27. The Hall–Kier alpha value is -3.63. The first-order valence-corrected chi connectivity index (χ1v) is 13.0. The van der Waals surface area contributed by atoms with E-state index in [1.54, 1.807) is 12.1 Å². The van der Waals surface area contributed by atoms with Gasteiger partial charge in [0.05, 0.1) is 23.7 Å².